The first kappa shape index (κ1) is 10.5. The lowest BCUT2D eigenvalue weighted by atomic mass is 10.2. The lowest BCUT2D eigenvalue weighted by Gasteiger charge is -2.12. The summed E-state index contributed by atoms with van der Waals surface area (Å²) < 4.78 is 5.26. The zero-order chi connectivity index (χ0) is 11.4. The van der Waals surface area contributed by atoms with Crippen LogP contribution in [-0.4, -0.2) is 16.2 Å². The molecule has 84 valence electrons. The number of hydrogen-bond acceptors (Lipinski definition) is 5. The van der Waals surface area contributed by atoms with Crippen molar-refractivity contribution in [1.82, 2.24) is 10.2 Å². The van der Waals surface area contributed by atoms with E-state index >= 15 is 0 Å². The number of nitrogen functional groups attached to an aromatic ring is 1. The van der Waals surface area contributed by atoms with E-state index in [2.05, 4.69) is 22.4 Å². The Bertz CT molecular complexity index is 424. The van der Waals surface area contributed by atoms with Crippen molar-refractivity contribution >= 4 is 11.6 Å². The van der Waals surface area contributed by atoms with Gasteiger partial charge in [-0.2, -0.15) is 0 Å². The lowest BCUT2D eigenvalue weighted by Crippen LogP contribution is -2.18. The molecule has 0 saturated carbocycles. The Balaban J connectivity index is 1.92. The fourth-order valence-corrected chi connectivity index (χ4v) is 1.45. The minimum atomic E-state index is 0.226. The highest BCUT2D eigenvalue weighted by atomic mass is 16.3. The summed E-state index contributed by atoms with van der Waals surface area (Å²) in [5.41, 5.74) is 5.45. The summed E-state index contributed by atoms with van der Waals surface area (Å²) in [7, 11) is 0. The zero-order valence-corrected chi connectivity index (χ0v) is 9.05. The van der Waals surface area contributed by atoms with Crippen LogP contribution in [0, 0.1) is 0 Å². The quantitative estimate of drug-likeness (QED) is 0.816. The summed E-state index contributed by atoms with van der Waals surface area (Å²) >= 11 is 0. The number of nitrogens with zero attached hydrogens (tertiary/aromatic N) is 2. The molecule has 2 aromatic rings. The van der Waals surface area contributed by atoms with Crippen LogP contribution in [0.4, 0.5) is 11.6 Å². The molecule has 16 heavy (non-hydrogen) atoms. The fourth-order valence-electron chi connectivity index (χ4n) is 1.45. The van der Waals surface area contributed by atoms with Gasteiger partial charge in [0.15, 0.2) is 0 Å². The molecule has 0 radical (unpaired) electrons. The molecule has 2 heterocycles. The molecule has 0 aliphatic heterocycles. The molecule has 2 aromatic heterocycles. The van der Waals surface area contributed by atoms with Gasteiger partial charge in [0.25, 0.3) is 0 Å². The Morgan fingerprint density at radius 1 is 1.38 bits per heavy atom. The number of furan rings is 1. The molecule has 0 bridgehead atoms. The van der Waals surface area contributed by atoms with Gasteiger partial charge >= 0.3 is 0 Å². The van der Waals surface area contributed by atoms with Crippen LogP contribution < -0.4 is 11.1 Å². The van der Waals surface area contributed by atoms with Crippen LogP contribution in [0.1, 0.15) is 12.7 Å². The van der Waals surface area contributed by atoms with Gasteiger partial charge in [-0.3, -0.25) is 0 Å². The third kappa shape index (κ3) is 2.73. The SMILES string of the molecule is CC(Cc1ccco1)Nc1ccc(N)nn1. The number of hydrogen-bond donors (Lipinski definition) is 2. The maximum absolute atomic E-state index is 5.45. The Hall–Kier alpha value is -2.04. The molecule has 0 aliphatic carbocycles. The maximum atomic E-state index is 5.45. The molecular formula is C11H14N4O. The summed E-state index contributed by atoms with van der Waals surface area (Å²) in [6.45, 7) is 2.06. The van der Waals surface area contributed by atoms with Crippen molar-refractivity contribution in [1.29, 1.82) is 0 Å². The van der Waals surface area contributed by atoms with E-state index in [-0.39, 0.29) is 6.04 Å². The first-order chi connectivity index (χ1) is 7.74. The summed E-state index contributed by atoms with van der Waals surface area (Å²) in [6.07, 6.45) is 2.48. The van der Waals surface area contributed by atoms with E-state index in [4.69, 9.17) is 10.2 Å². The van der Waals surface area contributed by atoms with Gasteiger partial charge in [0, 0.05) is 12.5 Å². The Morgan fingerprint density at radius 3 is 2.88 bits per heavy atom. The number of nitrogens with two attached hydrogens (primary N) is 1. The van der Waals surface area contributed by atoms with Crippen LogP contribution in [0.15, 0.2) is 34.9 Å². The first-order valence-electron chi connectivity index (χ1n) is 5.12. The van der Waals surface area contributed by atoms with Crippen LogP contribution in [0.3, 0.4) is 0 Å². The lowest BCUT2D eigenvalue weighted by molar-refractivity contribution is 0.497. The Morgan fingerprint density at radius 2 is 2.25 bits per heavy atom. The second-order valence-electron chi connectivity index (χ2n) is 3.67. The molecule has 0 saturated heterocycles. The highest BCUT2D eigenvalue weighted by molar-refractivity contribution is 5.39. The molecule has 0 aromatic carbocycles. The zero-order valence-electron chi connectivity index (χ0n) is 9.05. The van der Waals surface area contributed by atoms with E-state index < -0.39 is 0 Å². The van der Waals surface area contributed by atoms with Crippen LogP contribution in [0.5, 0.6) is 0 Å². The van der Waals surface area contributed by atoms with E-state index in [1.165, 1.54) is 0 Å². The fraction of sp³-hybridized carbons (Fsp3) is 0.273. The molecule has 0 amide bonds. The average Bonchev–Trinajstić information content (AvgIpc) is 2.74. The van der Waals surface area contributed by atoms with Crippen molar-refractivity contribution < 1.29 is 4.42 Å². The standard InChI is InChI=1S/C11H14N4O/c1-8(7-9-3-2-6-16-9)13-11-5-4-10(12)14-15-11/h2-6,8H,7H2,1H3,(H2,12,14)(H,13,15). The topological polar surface area (TPSA) is 77.0 Å². The smallest absolute Gasteiger partial charge is 0.149 e. The molecule has 0 fully saturated rings. The summed E-state index contributed by atoms with van der Waals surface area (Å²) in [5.74, 6) is 2.08. The van der Waals surface area contributed by atoms with Gasteiger partial charge in [-0.25, -0.2) is 0 Å². The summed E-state index contributed by atoms with van der Waals surface area (Å²) in [6, 6.07) is 7.58. The van der Waals surface area contributed by atoms with Gasteiger partial charge in [-0.15, -0.1) is 10.2 Å². The van der Waals surface area contributed by atoms with Gasteiger partial charge in [-0.05, 0) is 31.2 Å². The predicted octanol–water partition coefficient (Wildman–Crippen LogP) is 1.69. The third-order valence-corrected chi connectivity index (χ3v) is 2.17. The number of nitrogens with one attached hydrogen (secondary N) is 1. The van der Waals surface area contributed by atoms with E-state index in [0.29, 0.717) is 11.6 Å². The average molecular weight is 218 g/mol. The van der Waals surface area contributed by atoms with E-state index in [0.717, 1.165) is 12.2 Å². The molecular weight excluding hydrogens is 204 g/mol. The molecule has 2 rings (SSSR count). The summed E-state index contributed by atoms with van der Waals surface area (Å²) in [5, 5.41) is 10.9. The van der Waals surface area contributed by atoms with Crippen LogP contribution in [0.25, 0.3) is 0 Å². The molecule has 5 heteroatoms. The second kappa shape index (κ2) is 4.65. The molecule has 1 unspecified atom stereocenters. The summed E-state index contributed by atoms with van der Waals surface area (Å²) in [4.78, 5) is 0. The van der Waals surface area contributed by atoms with Crippen molar-refractivity contribution in [3.63, 3.8) is 0 Å². The first-order valence-corrected chi connectivity index (χ1v) is 5.12. The minimum Gasteiger partial charge on any atom is -0.469 e. The number of rotatable bonds is 4. The van der Waals surface area contributed by atoms with E-state index in [1.54, 1.807) is 18.4 Å². The highest BCUT2D eigenvalue weighted by Crippen LogP contribution is 2.09. The van der Waals surface area contributed by atoms with E-state index in [9.17, 15) is 0 Å². The molecule has 3 N–H and O–H groups in total. The number of aromatic nitrogens is 2. The highest BCUT2D eigenvalue weighted by Gasteiger charge is 2.06. The van der Waals surface area contributed by atoms with Crippen LogP contribution in [-0.2, 0) is 6.42 Å². The minimum absolute atomic E-state index is 0.226. The second-order valence-corrected chi connectivity index (χ2v) is 3.67. The molecule has 1 atom stereocenters. The van der Waals surface area contributed by atoms with Crippen molar-refractivity contribution in [3.05, 3.63) is 36.3 Å². The Kier molecular flexibility index (Phi) is 3.05. The predicted molar refractivity (Wildman–Crippen MR) is 61.9 cm³/mol. The van der Waals surface area contributed by atoms with Crippen molar-refractivity contribution in [2.75, 3.05) is 11.1 Å². The molecule has 5 nitrogen and oxygen atoms in total. The van der Waals surface area contributed by atoms with Gasteiger partial charge in [0.1, 0.15) is 17.4 Å². The van der Waals surface area contributed by atoms with Gasteiger partial charge in [-0.1, -0.05) is 0 Å². The third-order valence-electron chi connectivity index (χ3n) is 2.17. The molecule has 0 spiro atoms. The van der Waals surface area contributed by atoms with Crippen LogP contribution >= 0.6 is 0 Å². The van der Waals surface area contributed by atoms with Crippen molar-refractivity contribution in [2.24, 2.45) is 0 Å². The maximum Gasteiger partial charge on any atom is 0.149 e. The normalized spacial score (nSPS) is 12.3. The molecule has 0 aliphatic rings. The van der Waals surface area contributed by atoms with Gasteiger partial charge < -0.3 is 15.5 Å². The Labute approximate surface area is 93.7 Å². The largest absolute Gasteiger partial charge is 0.469 e. The monoisotopic (exact) mass is 218 g/mol. The number of anilines is 2. The van der Waals surface area contributed by atoms with Crippen LogP contribution in [0.2, 0.25) is 0 Å². The van der Waals surface area contributed by atoms with E-state index in [1.807, 2.05) is 12.1 Å². The van der Waals surface area contributed by atoms with Gasteiger partial charge in [0.05, 0.1) is 6.26 Å². The van der Waals surface area contributed by atoms with Crippen molar-refractivity contribution in [3.8, 4) is 0 Å². The van der Waals surface area contributed by atoms with Crippen molar-refractivity contribution in [2.45, 2.75) is 19.4 Å². The van der Waals surface area contributed by atoms with Gasteiger partial charge in [0.2, 0.25) is 0 Å².